The van der Waals surface area contributed by atoms with Crippen molar-refractivity contribution >= 4 is 11.2 Å². The van der Waals surface area contributed by atoms with Gasteiger partial charge in [-0.2, -0.15) is 9.67 Å². The molecule has 5 rings (SSSR count). The van der Waals surface area contributed by atoms with Gasteiger partial charge in [0.25, 0.3) is 5.56 Å². The zero-order chi connectivity index (χ0) is 22.1. The van der Waals surface area contributed by atoms with Crippen LogP contribution in [0.3, 0.4) is 0 Å². The Morgan fingerprint density at radius 1 is 1.06 bits per heavy atom. The Bertz CT molecular complexity index is 1430. The van der Waals surface area contributed by atoms with Crippen molar-refractivity contribution in [3.8, 4) is 22.8 Å². The molecule has 5 aromatic rings. The van der Waals surface area contributed by atoms with E-state index in [1.54, 1.807) is 19.2 Å². The molecule has 0 fully saturated rings. The molecule has 32 heavy (non-hydrogen) atoms. The lowest BCUT2D eigenvalue weighted by atomic mass is 10.1. The van der Waals surface area contributed by atoms with E-state index < -0.39 is 0 Å². The topological polar surface area (TPSA) is 114 Å². The molecule has 0 radical (unpaired) electrons. The molecule has 10 heteroatoms. The van der Waals surface area contributed by atoms with Crippen LogP contribution in [0.5, 0.6) is 5.75 Å². The van der Waals surface area contributed by atoms with Crippen molar-refractivity contribution in [1.82, 2.24) is 34.7 Å². The molecule has 0 saturated heterocycles. The Balaban J connectivity index is 1.42. The number of hydrogen-bond acceptors (Lipinski definition) is 8. The van der Waals surface area contributed by atoms with Crippen molar-refractivity contribution in [2.75, 3.05) is 7.11 Å². The summed E-state index contributed by atoms with van der Waals surface area (Å²) < 4.78 is 13.4. The van der Waals surface area contributed by atoms with Crippen molar-refractivity contribution < 1.29 is 9.26 Å². The van der Waals surface area contributed by atoms with Crippen molar-refractivity contribution in [1.29, 1.82) is 0 Å². The van der Waals surface area contributed by atoms with E-state index in [1.165, 1.54) is 21.1 Å². The second-order valence-corrected chi connectivity index (χ2v) is 7.11. The summed E-state index contributed by atoms with van der Waals surface area (Å²) >= 11 is 0. The van der Waals surface area contributed by atoms with E-state index in [9.17, 15) is 4.79 Å². The molecule has 160 valence electrons. The van der Waals surface area contributed by atoms with Crippen molar-refractivity contribution in [3.63, 3.8) is 0 Å². The summed E-state index contributed by atoms with van der Waals surface area (Å²) in [6.07, 6.45) is 2.38. The fourth-order valence-corrected chi connectivity index (χ4v) is 3.33. The minimum Gasteiger partial charge on any atom is -0.497 e. The number of methoxy groups -OCH3 is 1. The summed E-state index contributed by atoms with van der Waals surface area (Å²) in [6.45, 7) is 2.18. The van der Waals surface area contributed by atoms with Crippen molar-refractivity contribution in [3.05, 3.63) is 76.7 Å². The third-order valence-electron chi connectivity index (χ3n) is 5.14. The summed E-state index contributed by atoms with van der Waals surface area (Å²) in [5, 5.41) is 12.1. The van der Waals surface area contributed by atoms with E-state index in [0.29, 0.717) is 28.8 Å². The molecule has 0 bridgehead atoms. The molecule has 0 aliphatic heterocycles. The molecule has 3 heterocycles. The van der Waals surface area contributed by atoms with Gasteiger partial charge >= 0.3 is 0 Å². The van der Waals surface area contributed by atoms with Gasteiger partial charge < -0.3 is 9.26 Å². The molecule has 2 aromatic carbocycles. The maximum Gasteiger partial charge on any atom is 0.284 e. The summed E-state index contributed by atoms with van der Waals surface area (Å²) in [5.74, 6) is 1.48. The van der Waals surface area contributed by atoms with Gasteiger partial charge in [-0.15, -0.1) is 5.10 Å². The van der Waals surface area contributed by atoms with Crippen LogP contribution in [0.25, 0.3) is 28.2 Å². The average molecular weight is 429 g/mol. The number of fused-ring (bicyclic) bond motifs is 1. The van der Waals surface area contributed by atoms with Crippen LogP contribution < -0.4 is 10.3 Å². The van der Waals surface area contributed by atoms with Crippen LogP contribution in [0.2, 0.25) is 0 Å². The largest absolute Gasteiger partial charge is 0.497 e. The van der Waals surface area contributed by atoms with Gasteiger partial charge in [-0.25, -0.2) is 4.98 Å². The van der Waals surface area contributed by atoms with Gasteiger partial charge in [0.1, 0.15) is 18.6 Å². The molecule has 0 spiro atoms. The van der Waals surface area contributed by atoms with Gasteiger partial charge in [-0.05, 0) is 36.2 Å². The first-order valence-electron chi connectivity index (χ1n) is 10.0. The van der Waals surface area contributed by atoms with Crippen LogP contribution in [-0.4, -0.2) is 41.8 Å². The van der Waals surface area contributed by atoms with Crippen molar-refractivity contribution in [2.45, 2.75) is 19.9 Å². The molecule has 3 aromatic heterocycles. The van der Waals surface area contributed by atoms with Crippen LogP contribution in [0, 0.1) is 0 Å². The number of rotatable bonds is 6. The molecule has 10 nitrogen and oxygen atoms in total. The molecule has 0 unspecified atom stereocenters. The lowest BCUT2D eigenvalue weighted by Crippen LogP contribution is -2.21. The summed E-state index contributed by atoms with van der Waals surface area (Å²) in [7, 11) is 1.60. The lowest BCUT2D eigenvalue weighted by Gasteiger charge is -2.04. The molecular weight excluding hydrogens is 410 g/mol. The Hall–Kier alpha value is -4.34. The maximum atomic E-state index is 12.9. The number of aromatic nitrogens is 7. The Morgan fingerprint density at radius 2 is 1.84 bits per heavy atom. The second kappa shape index (κ2) is 8.06. The quantitative estimate of drug-likeness (QED) is 0.405. The van der Waals surface area contributed by atoms with E-state index in [0.717, 1.165) is 12.0 Å². The number of ether oxygens (including phenoxy) is 1. The lowest BCUT2D eigenvalue weighted by molar-refractivity contribution is 0.369. The zero-order valence-corrected chi connectivity index (χ0v) is 17.5. The molecule has 0 N–H and O–H groups in total. The highest BCUT2D eigenvalue weighted by Gasteiger charge is 2.16. The molecule has 0 atom stereocenters. The second-order valence-electron chi connectivity index (χ2n) is 7.11. The van der Waals surface area contributed by atoms with Crippen molar-refractivity contribution in [2.24, 2.45) is 0 Å². The highest BCUT2D eigenvalue weighted by molar-refractivity contribution is 5.70. The van der Waals surface area contributed by atoms with Gasteiger partial charge in [0.15, 0.2) is 11.2 Å². The number of benzene rings is 2. The zero-order valence-electron chi connectivity index (χ0n) is 17.5. The first-order chi connectivity index (χ1) is 15.7. The average Bonchev–Trinajstić information content (AvgIpc) is 3.49. The van der Waals surface area contributed by atoms with Gasteiger partial charge in [-0.3, -0.25) is 9.36 Å². The first kappa shape index (κ1) is 19.6. The third-order valence-corrected chi connectivity index (χ3v) is 5.14. The smallest absolute Gasteiger partial charge is 0.284 e. The normalized spacial score (nSPS) is 11.2. The van der Waals surface area contributed by atoms with Gasteiger partial charge in [0.05, 0.1) is 12.8 Å². The maximum absolute atomic E-state index is 12.9. The SMILES string of the molecule is CCc1ccc(-c2noc(Cn3cnc4c(nnn4-c4ccc(OC)cc4)c3=O)n2)cc1. The number of hydrogen-bond donors (Lipinski definition) is 0. The molecule has 0 amide bonds. The highest BCUT2D eigenvalue weighted by atomic mass is 16.5. The minimum absolute atomic E-state index is 0.0806. The van der Waals surface area contributed by atoms with Gasteiger partial charge in [0.2, 0.25) is 11.7 Å². The summed E-state index contributed by atoms with van der Waals surface area (Å²) in [5.41, 5.74) is 2.96. The molecule has 0 saturated carbocycles. The molecular formula is C22H19N7O3. The predicted octanol–water partition coefficient (Wildman–Crippen LogP) is 2.65. The Kier molecular flexibility index (Phi) is 4.94. The van der Waals surface area contributed by atoms with Crippen LogP contribution in [0.15, 0.2) is 64.2 Å². The van der Waals surface area contributed by atoms with E-state index in [1.807, 2.05) is 36.4 Å². The van der Waals surface area contributed by atoms with Crippen LogP contribution in [-0.2, 0) is 13.0 Å². The molecule has 0 aliphatic carbocycles. The van der Waals surface area contributed by atoms with Crippen LogP contribution in [0.4, 0.5) is 0 Å². The Labute approximate surface area is 182 Å². The van der Waals surface area contributed by atoms with Crippen LogP contribution >= 0.6 is 0 Å². The summed E-state index contributed by atoms with van der Waals surface area (Å²) in [4.78, 5) is 21.7. The minimum atomic E-state index is -0.346. The monoisotopic (exact) mass is 429 g/mol. The number of aryl methyl sites for hydroxylation is 1. The first-order valence-corrected chi connectivity index (χ1v) is 10.0. The molecule has 0 aliphatic rings. The highest BCUT2D eigenvalue weighted by Crippen LogP contribution is 2.18. The van der Waals surface area contributed by atoms with E-state index in [4.69, 9.17) is 9.26 Å². The fourth-order valence-electron chi connectivity index (χ4n) is 3.33. The van der Waals surface area contributed by atoms with E-state index >= 15 is 0 Å². The van der Waals surface area contributed by atoms with Gasteiger partial charge in [-0.1, -0.05) is 41.6 Å². The predicted molar refractivity (Wildman–Crippen MR) is 116 cm³/mol. The number of nitrogens with zero attached hydrogens (tertiary/aromatic N) is 7. The Morgan fingerprint density at radius 3 is 2.56 bits per heavy atom. The standard InChI is InChI=1S/C22H19N7O3/c1-3-14-4-6-15(7-5-14)20-24-18(32-26-20)12-28-13-23-21-19(22(28)30)25-27-29(21)16-8-10-17(31-2)11-9-16/h4-11,13H,3,12H2,1-2H3. The van der Waals surface area contributed by atoms with E-state index in [2.05, 4.69) is 32.4 Å². The van der Waals surface area contributed by atoms with Crippen LogP contribution in [0.1, 0.15) is 18.4 Å². The third kappa shape index (κ3) is 3.51. The van der Waals surface area contributed by atoms with E-state index in [-0.39, 0.29) is 17.6 Å². The fraction of sp³-hybridized carbons (Fsp3) is 0.182. The summed E-state index contributed by atoms with van der Waals surface area (Å²) in [6, 6.07) is 15.2. The van der Waals surface area contributed by atoms with Gasteiger partial charge in [0, 0.05) is 5.56 Å².